The summed E-state index contributed by atoms with van der Waals surface area (Å²) in [5.74, 6) is 1.57. The fraction of sp³-hybridized carbons (Fsp3) is 0.472. The van der Waals surface area contributed by atoms with E-state index >= 15 is 0 Å². The van der Waals surface area contributed by atoms with E-state index in [9.17, 15) is 0 Å². The van der Waals surface area contributed by atoms with Gasteiger partial charge in [-0.3, -0.25) is 9.98 Å². The van der Waals surface area contributed by atoms with Gasteiger partial charge in [-0.1, -0.05) is 90.8 Å². The van der Waals surface area contributed by atoms with Crippen LogP contribution in [-0.2, 0) is 18.6 Å². The molecule has 0 aliphatic rings. The van der Waals surface area contributed by atoms with Crippen molar-refractivity contribution in [3.8, 4) is 0 Å². The van der Waals surface area contributed by atoms with Crippen molar-refractivity contribution in [1.29, 1.82) is 0 Å². The molecular weight excluding hydrogens is 632 g/mol. The number of hydrogen-bond donors (Lipinski definition) is 0. The van der Waals surface area contributed by atoms with Crippen LogP contribution in [0.1, 0.15) is 143 Å². The number of hydrogen-bond acceptors (Lipinski definition) is 3. The summed E-state index contributed by atoms with van der Waals surface area (Å²) in [6, 6.07) is 13.4. The molecule has 0 radical (unpaired) electrons. The molecule has 0 aliphatic heterocycles. The molecule has 1 aromatic heterocycles. The van der Waals surface area contributed by atoms with Crippen molar-refractivity contribution in [2.24, 2.45) is 9.98 Å². The Morgan fingerprint density at radius 3 is 0.953 bits per heavy atom. The number of pyridine rings is 1. The first kappa shape index (κ1) is 43.5. The molecule has 0 fully saturated rings. The van der Waals surface area contributed by atoms with E-state index in [0.29, 0.717) is 23.7 Å². The van der Waals surface area contributed by atoms with Crippen molar-refractivity contribution in [1.82, 2.24) is 4.98 Å². The number of aliphatic imine (C=N–C) groups is 2. The Hall–Kier alpha value is -1.62. The summed E-state index contributed by atoms with van der Waals surface area (Å²) in [5, 5.41) is 0. The van der Waals surface area contributed by atoms with Crippen LogP contribution < -0.4 is 37.2 Å². The van der Waals surface area contributed by atoms with E-state index in [2.05, 4.69) is 126 Å². The molecule has 43 heavy (non-hydrogen) atoms. The second kappa shape index (κ2) is 18.4. The van der Waals surface area contributed by atoms with Crippen molar-refractivity contribution < 1.29 is 55.8 Å². The van der Waals surface area contributed by atoms with Crippen LogP contribution in [0, 0.1) is 20.8 Å². The summed E-state index contributed by atoms with van der Waals surface area (Å²) >= 11 is 0. The molecule has 3 rings (SSSR count). The van der Waals surface area contributed by atoms with Crippen molar-refractivity contribution in [3.05, 3.63) is 86.7 Å². The molecule has 0 saturated carbocycles. The number of aromatic nitrogens is 1. The van der Waals surface area contributed by atoms with E-state index in [0.717, 1.165) is 39.7 Å². The zero-order valence-electron chi connectivity index (χ0n) is 28.2. The summed E-state index contributed by atoms with van der Waals surface area (Å²) in [6.45, 7) is 28.6. The maximum atomic E-state index is 5.24. The van der Waals surface area contributed by atoms with Crippen molar-refractivity contribution in [3.63, 3.8) is 0 Å². The van der Waals surface area contributed by atoms with Gasteiger partial charge in [-0.05, 0) is 98.2 Å². The third-order valence-corrected chi connectivity index (χ3v) is 7.38. The number of nitrogens with zero attached hydrogens (tertiary/aromatic N) is 3. The SMILES string of the molecule is CC(=Nc1c(C(C)C)cc(C)cc1C(C)C)c1cc(C)cc(C(C)=Nc2c(C(C)C)cc(C)cc2C(C)C)n1.[Cl-].[Cl-].[Cl-].[V+3]. The second-order valence-corrected chi connectivity index (χ2v) is 12.5. The topological polar surface area (TPSA) is 37.6 Å². The Kier molecular flexibility index (Phi) is 18.6. The number of rotatable bonds is 8. The number of aryl methyl sites for hydroxylation is 3. The molecule has 0 atom stereocenters. The standard InChI is InChI=1S/C36H49N3.3ClH.V/c1-20(2)29-14-24(9)15-30(21(3)4)35(29)37-27(12)33-18-26(11)19-34(39-33)28(13)38-36-31(22(5)6)16-25(10)17-32(36)23(7)8;;;;/h14-23H,1-13H3;3*1H;/q;;;;+3/p-3. The molecule has 0 bridgehead atoms. The van der Waals surface area contributed by atoms with Gasteiger partial charge in [0.1, 0.15) is 0 Å². The zero-order valence-corrected chi connectivity index (χ0v) is 31.9. The molecule has 3 nitrogen and oxygen atoms in total. The molecule has 0 N–H and O–H groups in total. The third-order valence-electron chi connectivity index (χ3n) is 7.38. The van der Waals surface area contributed by atoms with Gasteiger partial charge >= 0.3 is 18.6 Å². The Bertz CT molecular complexity index is 1260. The average Bonchev–Trinajstić information content (AvgIpc) is 2.84. The van der Waals surface area contributed by atoms with Crippen LogP contribution in [0.5, 0.6) is 0 Å². The minimum atomic E-state index is 0. The van der Waals surface area contributed by atoms with Crippen LogP contribution in [-0.4, -0.2) is 16.4 Å². The van der Waals surface area contributed by atoms with Gasteiger partial charge < -0.3 is 37.2 Å². The Morgan fingerprint density at radius 1 is 0.488 bits per heavy atom. The largest absolute Gasteiger partial charge is 3.00 e. The number of benzene rings is 2. The average molecular weight is 681 g/mol. The van der Waals surface area contributed by atoms with Crippen molar-refractivity contribution in [2.45, 2.75) is 114 Å². The molecule has 0 amide bonds. The molecule has 1 heterocycles. The fourth-order valence-corrected chi connectivity index (χ4v) is 5.18. The van der Waals surface area contributed by atoms with Crippen LogP contribution in [0.3, 0.4) is 0 Å². The van der Waals surface area contributed by atoms with Crippen LogP contribution in [0.4, 0.5) is 11.4 Å². The van der Waals surface area contributed by atoms with Crippen LogP contribution >= 0.6 is 0 Å². The van der Waals surface area contributed by atoms with E-state index in [1.807, 2.05) is 0 Å². The smallest absolute Gasteiger partial charge is 1.00 e. The first-order valence-electron chi connectivity index (χ1n) is 14.6. The molecule has 7 heteroatoms. The Labute approximate surface area is 292 Å². The molecule has 234 valence electrons. The van der Waals surface area contributed by atoms with E-state index in [1.165, 1.54) is 33.4 Å². The first-order chi connectivity index (χ1) is 18.2. The summed E-state index contributed by atoms with van der Waals surface area (Å²) in [6.07, 6.45) is 0. The van der Waals surface area contributed by atoms with Gasteiger partial charge in [0.15, 0.2) is 0 Å². The van der Waals surface area contributed by atoms with E-state index < -0.39 is 0 Å². The van der Waals surface area contributed by atoms with Gasteiger partial charge in [0.25, 0.3) is 0 Å². The van der Waals surface area contributed by atoms with Crippen molar-refractivity contribution in [2.75, 3.05) is 0 Å². The van der Waals surface area contributed by atoms with Gasteiger partial charge in [0.2, 0.25) is 0 Å². The first-order valence-corrected chi connectivity index (χ1v) is 14.6. The Balaban J connectivity index is 0. The fourth-order valence-electron chi connectivity index (χ4n) is 5.18. The van der Waals surface area contributed by atoms with E-state index in [-0.39, 0.29) is 55.8 Å². The summed E-state index contributed by atoms with van der Waals surface area (Å²) in [7, 11) is 0. The molecule has 0 unspecified atom stereocenters. The van der Waals surface area contributed by atoms with Gasteiger partial charge in [0, 0.05) is 0 Å². The molecule has 0 aliphatic carbocycles. The predicted molar refractivity (Wildman–Crippen MR) is 171 cm³/mol. The van der Waals surface area contributed by atoms with E-state index in [4.69, 9.17) is 15.0 Å². The second-order valence-electron chi connectivity index (χ2n) is 12.5. The van der Waals surface area contributed by atoms with Crippen molar-refractivity contribution >= 4 is 22.8 Å². The summed E-state index contributed by atoms with van der Waals surface area (Å²) in [4.78, 5) is 15.6. The van der Waals surface area contributed by atoms with Crippen LogP contribution in [0.2, 0.25) is 0 Å². The number of halogens is 3. The predicted octanol–water partition coefficient (Wildman–Crippen LogP) is 1.79. The van der Waals surface area contributed by atoms with E-state index in [1.54, 1.807) is 0 Å². The molecule has 2 aromatic carbocycles. The summed E-state index contributed by atoms with van der Waals surface area (Å²) in [5.41, 5.74) is 14.8. The van der Waals surface area contributed by atoms with Gasteiger partial charge in [-0.25, -0.2) is 4.98 Å². The monoisotopic (exact) mass is 679 g/mol. The van der Waals surface area contributed by atoms with Crippen LogP contribution in [0.25, 0.3) is 0 Å². The van der Waals surface area contributed by atoms with Gasteiger partial charge in [-0.2, -0.15) is 0 Å². The quantitative estimate of drug-likeness (QED) is 0.335. The minimum absolute atomic E-state index is 0. The maximum Gasteiger partial charge on any atom is 3.00 e. The van der Waals surface area contributed by atoms with Gasteiger partial charge in [0.05, 0.1) is 34.2 Å². The minimum Gasteiger partial charge on any atom is -1.00 e. The third kappa shape index (κ3) is 10.8. The molecular formula is C36H49Cl3N3V. The van der Waals surface area contributed by atoms with Gasteiger partial charge in [-0.15, -0.1) is 0 Å². The molecule has 0 spiro atoms. The zero-order chi connectivity index (χ0) is 29.2. The normalized spacial score (nSPS) is 11.7. The van der Waals surface area contributed by atoms with Crippen LogP contribution in [0.15, 0.2) is 46.4 Å². The molecule has 0 saturated heterocycles. The summed E-state index contributed by atoms with van der Waals surface area (Å²) < 4.78 is 0. The maximum absolute atomic E-state index is 5.24. The Morgan fingerprint density at radius 2 is 0.721 bits per heavy atom. The molecule has 3 aromatic rings.